The van der Waals surface area contributed by atoms with Gasteiger partial charge in [0.2, 0.25) is 0 Å². The summed E-state index contributed by atoms with van der Waals surface area (Å²) in [4.78, 5) is 37.0. The van der Waals surface area contributed by atoms with Crippen LogP contribution in [0.1, 0.15) is 10.4 Å². The molecule has 34 heavy (non-hydrogen) atoms. The molecule has 10 heteroatoms. The van der Waals surface area contributed by atoms with Crippen LogP contribution < -0.4 is 20.9 Å². The highest BCUT2D eigenvalue weighted by Crippen LogP contribution is 2.26. The maximum absolute atomic E-state index is 13.1. The summed E-state index contributed by atoms with van der Waals surface area (Å²) in [6.45, 7) is 3.61. The molecule has 4 aromatic rings. The van der Waals surface area contributed by atoms with Crippen LogP contribution in [0.5, 0.6) is 0 Å². The number of carbonyl (C=O) groups is 1. The average Bonchev–Trinajstić information content (AvgIpc) is 2.90. The van der Waals surface area contributed by atoms with E-state index in [0.29, 0.717) is 28.6 Å². The van der Waals surface area contributed by atoms with E-state index < -0.39 is 0 Å². The van der Waals surface area contributed by atoms with E-state index in [1.54, 1.807) is 61.4 Å². The van der Waals surface area contributed by atoms with Gasteiger partial charge in [-0.2, -0.15) is 0 Å². The number of hydrogen-bond donors (Lipinski definition) is 3. The fraction of sp³-hybridized carbons (Fsp3) is 0.167. The van der Waals surface area contributed by atoms with Crippen molar-refractivity contribution in [1.82, 2.24) is 30.2 Å². The molecule has 0 spiro atoms. The molecule has 5 heterocycles. The van der Waals surface area contributed by atoms with Crippen LogP contribution in [0.2, 0.25) is 0 Å². The zero-order valence-electron chi connectivity index (χ0n) is 18.3. The summed E-state index contributed by atoms with van der Waals surface area (Å²) in [5, 5.41) is 9.37. The molecule has 5 rings (SSSR count). The highest BCUT2D eigenvalue weighted by Gasteiger charge is 2.15. The lowest BCUT2D eigenvalue weighted by atomic mass is 10.1. The number of piperazine rings is 1. The third-order valence-electron chi connectivity index (χ3n) is 5.31. The molecule has 1 amide bonds. The maximum Gasteiger partial charge on any atom is 0.255 e. The lowest BCUT2D eigenvalue weighted by Crippen LogP contribution is -2.43. The third-order valence-corrected chi connectivity index (χ3v) is 5.31. The van der Waals surface area contributed by atoms with Crippen molar-refractivity contribution in [3.8, 4) is 11.3 Å². The molecule has 0 radical (unpaired) electrons. The number of rotatable bonds is 6. The van der Waals surface area contributed by atoms with E-state index in [9.17, 15) is 4.79 Å². The Hall–Kier alpha value is -4.44. The van der Waals surface area contributed by atoms with Gasteiger partial charge in [-0.3, -0.25) is 14.8 Å². The fourth-order valence-corrected chi connectivity index (χ4v) is 3.65. The number of carbonyl (C=O) groups excluding carboxylic acids is 1. The first-order chi connectivity index (χ1) is 16.7. The Bertz CT molecular complexity index is 1260. The van der Waals surface area contributed by atoms with Crippen molar-refractivity contribution < 1.29 is 4.79 Å². The van der Waals surface area contributed by atoms with Gasteiger partial charge >= 0.3 is 0 Å². The molecule has 1 fully saturated rings. The number of hydrogen-bond acceptors (Lipinski definition) is 9. The van der Waals surface area contributed by atoms with Gasteiger partial charge in [-0.05, 0) is 36.4 Å². The Balaban J connectivity index is 1.50. The molecule has 0 bridgehead atoms. The van der Waals surface area contributed by atoms with Crippen molar-refractivity contribution in [1.29, 1.82) is 0 Å². The minimum absolute atomic E-state index is 0.268. The molecule has 1 aliphatic heterocycles. The first kappa shape index (κ1) is 21.4. The van der Waals surface area contributed by atoms with E-state index >= 15 is 0 Å². The molecule has 0 atom stereocenters. The second kappa shape index (κ2) is 10.0. The SMILES string of the molecule is O=C(Nc1cccnc1)c1cc(Nc2cnccn2)nc(-c2ccnc(N3CCNCC3)c2)c1. The van der Waals surface area contributed by atoms with Crippen LogP contribution in [0.15, 0.2) is 73.6 Å². The Morgan fingerprint density at radius 2 is 1.79 bits per heavy atom. The Labute approximate surface area is 196 Å². The molecule has 0 aromatic carbocycles. The van der Waals surface area contributed by atoms with Crippen LogP contribution >= 0.6 is 0 Å². The third kappa shape index (κ3) is 5.13. The van der Waals surface area contributed by atoms with Crippen molar-refractivity contribution in [2.75, 3.05) is 41.7 Å². The topological polar surface area (TPSA) is 121 Å². The Morgan fingerprint density at radius 3 is 2.59 bits per heavy atom. The number of pyridine rings is 3. The van der Waals surface area contributed by atoms with Crippen LogP contribution in [0.4, 0.5) is 23.1 Å². The number of amides is 1. The first-order valence-electron chi connectivity index (χ1n) is 10.9. The normalized spacial score (nSPS) is 13.4. The highest BCUT2D eigenvalue weighted by atomic mass is 16.1. The van der Waals surface area contributed by atoms with Gasteiger partial charge in [-0.1, -0.05) is 0 Å². The van der Waals surface area contributed by atoms with Crippen molar-refractivity contribution in [3.63, 3.8) is 0 Å². The van der Waals surface area contributed by atoms with Gasteiger partial charge in [0.1, 0.15) is 17.5 Å². The van der Waals surface area contributed by atoms with E-state index in [-0.39, 0.29) is 5.91 Å². The predicted molar refractivity (Wildman–Crippen MR) is 130 cm³/mol. The molecule has 0 aliphatic carbocycles. The van der Waals surface area contributed by atoms with E-state index in [1.165, 1.54) is 0 Å². The van der Waals surface area contributed by atoms with Crippen molar-refractivity contribution >= 4 is 29.0 Å². The second-order valence-corrected chi connectivity index (χ2v) is 7.68. The monoisotopic (exact) mass is 453 g/mol. The van der Waals surface area contributed by atoms with Gasteiger partial charge < -0.3 is 20.9 Å². The smallest absolute Gasteiger partial charge is 0.255 e. The van der Waals surface area contributed by atoms with Gasteiger partial charge in [0.25, 0.3) is 5.91 Å². The molecular weight excluding hydrogens is 430 g/mol. The number of anilines is 4. The van der Waals surface area contributed by atoms with Crippen molar-refractivity contribution in [3.05, 3.63) is 79.1 Å². The summed E-state index contributed by atoms with van der Waals surface area (Å²) < 4.78 is 0. The lowest BCUT2D eigenvalue weighted by molar-refractivity contribution is 0.102. The molecule has 0 saturated carbocycles. The van der Waals surface area contributed by atoms with Crippen molar-refractivity contribution in [2.24, 2.45) is 0 Å². The highest BCUT2D eigenvalue weighted by molar-refractivity contribution is 6.05. The van der Waals surface area contributed by atoms with Crippen LogP contribution in [0.25, 0.3) is 11.3 Å². The van der Waals surface area contributed by atoms with Gasteiger partial charge in [-0.25, -0.2) is 15.0 Å². The summed E-state index contributed by atoms with van der Waals surface area (Å²) in [6.07, 6.45) is 9.80. The minimum Gasteiger partial charge on any atom is -0.354 e. The van der Waals surface area contributed by atoms with E-state index in [2.05, 4.69) is 40.8 Å². The Morgan fingerprint density at radius 1 is 0.912 bits per heavy atom. The van der Waals surface area contributed by atoms with Crippen LogP contribution in [0.3, 0.4) is 0 Å². The second-order valence-electron chi connectivity index (χ2n) is 7.68. The molecule has 1 aliphatic rings. The molecule has 170 valence electrons. The van der Waals surface area contributed by atoms with E-state index in [0.717, 1.165) is 37.6 Å². The maximum atomic E-state index is 13.1. The largest absolute Gasteiger partial charge is 0.354 e. The molecular formula is C24H23N9O. The summed E-state index contributed by atoms with van der Waals surface area (Å²) in [5.41, 5.74) is 2.56. The van der Waals surface area contributed by atoms with E-state index in [4.69, 9.17) is 4.98 Å². The van der Waals surface area contributed by atoms with Gasteiger partial charge in [0.05, 0.1) is 23.8 Å². The number of aromatic nitrogens is 5. The molecule has 1 saturated heterocycles. The molecule has 3 N–H and O–H groups in total. The van der Waals surface area contributed by atoms with Crippen LogP contribution in [0, 0.1) is 0 Å². The molecule has 10 nitrogen and oxygen atoms in total. The first-order valence-corrected chi connectivity index (χ1v) is 10.9. The zero-order chi connectivity index (χ0) is 23.2. The summed E-state index contributed by atoms with van der Waals surface area (Å²) >= 11 is 0. The van der Waals surface area contributed by atoms with Gasteiger partial charge in [0.15, 0.2) is 0 Å². The Kier molecular flexibility index (Phi) is 6.30. The number of nitrogens with one attached hydrogen (secondary N) is 3. The molecule has 4 aromatic heterocycles. The minimum atomic E-state index is -0.268. The molecule has 0 unspecified atom stereocenters. The van der Waals surface area contributed by atoms with Gasteiger partial charge in [0, 0.05) is 62.1 Å². The van der Waals surface area contributed by atoms with Gasteiger partial charge in [-0.15, -0.1) is 0 Å². The van der Waals surface area contributed by atoms with Crippen LogP contribution in [-0.4, -0.2) is 57.0 Å². The lowest BCUT2D eigenvalue weighted by Gasteiger charge is -2.28. The predicted octanol–water partition coefficient (Wildman–Crippen LogP) is 2.73. The van der Waals surface area contributed by atoms with Crippen molar-refractivity contribution in [2.45, 2.75) is 0 Å². The summed E-state index contributed by atoms with van der Waals surface area (Å²) in [6, 6.07) is 10.9. The van der Waals surface area contributed by atoms with Crippen LogP contribution in [-0.2, 0) is 0 Å². The number of nitrogens with zero attached hydrogens (tertiary/aromatic N) is 6. The van der Waals surface area contributed by atoms with E-state index in [1.807, 2.05) is 12.1 Å². The standard InChI is InChI=1S/C24H23N9O/c34-24(30-19-2-1-4-26-15-19)18-12-20(31-21(13-18)32-22-16-27-6-7-28-22)17-3-5-29-23(14-17)33-10-8-25-9-11-33/h1-7,12-16,25H,8-11H2,(H,30,34)(H,28,31,32). The zero-order valence-corrected chi connectivity index (χ0v) is 18.3. The average molecular weight is 454 g/mol. The fourth-order valence-electron chi connectivity index (χ4n) is 3.65. The summed E-state index contributed by atoms with van der Waals surface area (Å²) in [5.74, 6) is 1.63. The quantitative estimate of drug-likeness (QED) is 0.405. The summed E-state index contributed by atoms with van der Waals surface area (Å²) in [7, 11) is 0.